The number of benzene rings is 1. The molecule has 1 aromatic carbocycles. The summed E-state index contributed by atoms with van der Waals surface area (Å²) in [5.41, 5.74) is 0.756. The van der Waals surface area contributed by atoms with Crippen LogP contribution in [-0.2, 0) is 16.4 Å². The number of amides is 2. The number of carbonyl (C=O) groups excluding carboxylic acids is 2. The van der Waals surface area contributed by atoms with Gasteiger partial charge in [-0.25, -0.2) is 0 Å². The second-order valence-corrected chi connectivity index (χ2v) is 9.60. The van der Waals surface area contributed by atoms with Crippen LogP contribution in [0, 0.1) is 12.8 Å². The molecule has 1 aliphatic carbocycles. The summed E-state index contributed by atoms with van der Waals surface area (Å²) in [6.07, 6.45) is -0.706. The first kappa shape index (κ1) is 23.3. The van der Waals surface area contributed by atoms with Gasteiger partial charge in [0.25, 0.3) is 5.91 Å². The quantitative estimate of drug-likeness (QED) is 0.698. The Morgan fingerprint density at radius 2 is 1.85 bits per heavy atom. The number of carbonyl (C=O) groups is 2. The minimum absolute atomic E-state index is 0.0477. The molecule has 5 nitrogen and oxygen atoms in total. The highest BCUT2D eigenvalue weighted by Crippen LogP contribution is 2.42. The molecule has 2 heterocycles. The second kappa shape index (κ2) is 8.47. The Labute approximate surface area is 191 Å². The average Bonchev–Trinajstić information content (AvgIpc) is 2.95. The fourth-order valence-corrected chi connectivity index (χ4v) is 4.91. The number of anilines is 1. The molecule has 1 aromatic heterocycles. The molecule has 0 bridgehead atoms. The molecule has 2 aliphatic rings. The Morgan fingerprint density at radius 1 is 1.18 bits per heavy atom. The monoisotopic (exact) mass is 459 g/mol. The van der Waals surface area contributed by atoms with Crippen molar-refractivity contribution in [3.05, 3.63) is 58.9 Å². The highest BCUT2D eigenvalue weighted by molar-refractivity contribution is 6.07. The Hall–Kier alpha value is -2.90. The predicted molar refractivity (Wildman–Crippen MR) is 119 cm³/mol. The lowest BCUT2D eigenvalue weighted by Gasteiger charge is -2.32. The van der Waals surface area contributed by atoms with Crippen molar-refractivity contribution in [2.45, 2.75) is 64.1 Å². The van der Waals surface area contributed by atoms with Crippen molar-refractivity contribution in [3.63, 3.8) is 0 Å². The number of pyridine rings is 1. The maximum Gasteiger partial charge on any atom is 0.417 e. The van der Waals surface area contributed by atoms with E-state index in [2.05, 4.69) is 10.3 Å². The molecule has 4 rings (SSSR count). The van der Waals surface area contributed by atoms with Crippen molar-refractivity contribution in [1.82, 2.24) is 10.3 Å². The maximum atomic E-state index is 13.0. The molecule has 0 spiro atoms. The fourth-order valence-electron chi connectivity index (χ4n) is 4.91. The first-order valence-corrected chi connectivity index (χ1v) is 11.2. The van der Waals surface area contributed by atoms with Gasteiger partial charge in [-0.15, -0.1) is 0 Å². The minimum Gasteiger partial charge on any atom is -0.349 e. The number of aryl methyl sites for hydroxylation is 1. The Bertz CT molecular complexity index is 1070. The molecular weight excluding hydrogens is 431 g/mol. The summed E-state index contributed by atoms with van der Waals surface area (Å²) in [7, 11) is 0. The molecule has 0 saturated heterocycles. The lowest BCUT2D eigenvalue weighted by atomic mass is 9.85. The standard InChI is InChI=1S/C25H28F3N3O2/c1-15-19(12-17(13-29-15)25(26,27)28)22(32)30-18-10-8-16(9-11-18)14-31-21-7-5-4-6-20(21)24(2,3)23(31)33/h4-7,12-13,16,18H,8-11,14H2,1-3H3,(H,30,32)/t16-,18-. The van der Waals surface area contributed by atoms with E-state index in [1.54, 1.807) is 0 Å². The van der Waals surface area contributed by atoms with Gasteiger partial charge < -0.3 is 10.2 Å². The third-order valence-electron chi connectivity index (χ3n) is 6.93. The van der Waals surface area contributed by atoms with Gasteiger partial charge in [0.1, 0.15) is 0 Å². The molecule has 33 heavy (non-hydrogen) atoms. The molecule has 2 aromatic rings. The molecular formula is C25H28F3N3O2. The molecule has 2 amide bonds. The highest BCUT2D eigenvalue weighted by atomic mass is 19.4. The zero-order valence-electron chi connectivity index (χ0n) is 19.0. The third kappa shape index (κ3) is 4.48. The van der Waals surface area contributed by atoms with E-state index in [9.17, 15) is 22.8 Å². The highest BCUT2D eigenvalue weighted by Gasteiger charge is 2.44. The molecule has 0 radical (unpaired) electrons. The fraction of sp³-hybridized carbons (Fsp3) is 0.480. The summed E-state index contributed by atoms with van der Waals surface area (Å²) < 4.78 is 39.0. The van der Waals surface area contributed by atoms with Gasteiger partial charge in [-0.05, 0) is 70.1 Å². The van der Waals surface area contributed by atoms with E-state index in [4.69, 9.17) is 0 Å². The maximum absolute atomic E-state index is 13.0. The first-order chi connectivity index (χ1) is 15.5. The van der Waals surface area contributed by atoms with Crippen LogP contribution in [0.2, 0.25) is 0 Å². The number of fused-ring (bicyclic) bond motifs is 1. The van der Waals surface area contributed by atoms with E-state index in [0.29, 0.717) is 12.5 Å². The van der Waals surface area contributed by atoms with Crippen molar-refractivity contribution >= 4 is 17.5 Å². The second-order valence-electron chi connectivity index (χ2n) is 9.60. The van der Waals surface area contributed by atoms with Gasteiger partial charge in [-0.1, -0.05) is 18.2 Å². The summed E-state index contributed by atoms with van der Waals surface area (Å²) in [4.78, 5) is 31.3. The number of hydrogen-bond donors (Lipinski definition) is 1. The number of rotatable bonds is 4. The van der Waals surface area contributed by atoms with Gasteiger partial charge in [0.15, 0.2) is 0 Å². The van der Waals surface area contributed by atoms with Crippen molar-refractivity contribution in [1.29, 1.82) is 0 Å². The zero-order chi connectivity index (χ0) is 24.0. The van der Waals surface area contributed by atoms with E-state index >= 15 is 0 Å². The van der Waals surface area contributed by atoms with Gasteiger partial charge in [0, 0.05) is 30.2 Å². The molecule has 176 valence electrons. The number of alkyl halides is 3. The van der Waals surface area contributed by atoms with Crippen LogP contribution < -0.4 is 10.2 Å². The number of nitrogens with zero attached hydrogens (tertiary/aromatic N) is 2. The van der Waals surface area contributed by atoms with Gasteiger partial charge in [0.05, 0.1) is 16.5 Å². The largest absolute Gasteiger partial charge is 0.417 e. The van der Waals surface area contributed by atoms with Crippen molar-refractivity contribution < 1.29 is 22.8 Å². The zero-order valence-corrected chi connectivity index (χ0v) is 19.0. The average molecular weight is 460 g/mol. The Kier molecular flexibility index (Phi) is 5.97. The molecule has 8 heteroatoms. The van der Waals surface area contributed by atoms with Crippen LogP contribution in [0.4, 0.5) is 18.9 Å². The SMILES string of the molecule is Cc1ncc(C(F)(F)F)cc1C(=O)N[C@H]1CC[C@H](CN2C(=O)C(C)(C)c3ccccc32)CC1. The predicted octanol–water partition coefficient (Wildman–Crippen LogP) is 5.02. The third-order valence-corrected chi connectivity index (χ3v) is 6.93. The number of nitrogens with one attached hydrogen (secondary N) is 1. The summed E-state index contributed by atoms with van der Waals surface area (Å²) >= 11 is 0. The molecule has 1 saturated carbocycles. The van der Waals surface area contributed by atoms with Crippen LogP contribution in [0.15, 0.2) is 36.5 Å². The lowest BCUT2D eigenvalue weighted by molar-refractivity contribution is -0.137. The summed E-state index contributed by atoms with van der Waals surface area (Å²) in [6.45, 7) is 6.06. The number of para-hydroxylation sites is 1. The van der Waals surface area contributed by atoms with E-state index in [-0.39, 0.29) is 23.2 Å². The van der Waals surface area contributed by atoms with Crippen LogP contribution >= 0.6 is 0 Å². The summed E-state index contributed by atoms with van der Waals surface area (Å²) in [5.74, 6) is -0.118. The number of halogens is 3. The number of aromatic nitrogens is 1. The summed E-state index contributed by atoms with van der Waals surface area (Å²) in [6, 6.07) is 8.64. The molecule has 1 fully saturated rings. The van der Waals surface area contributed by atoms with Crippen LogP contribution in [0.1, 0.15) is 66.7 Å². The van der Waals surface area contributed by atoms with E-state index < -0.39 is 23.1 Å². The lowest BCUT2D eigenvalue weighted by Crippen LogP contribution is -2.42. The minimum atomic E-state index is -4.55. The van der Waals surface area contributed by atoms with Crippen LogP contribution in [0.5, 0.6) is 0 Å². The molecule has 1 aliphatic heterocycles. The van der Waals surface area contributed by atoms with Gasteiger partial charge in [-0.2, -0.15) is 13.2 Å². The van der Waals surface area contributed by atoms with Crippen molar-refractivity contribution in [3.8, 4) is 0 Å². The van der Waals surface area contributed by atoms with Crippen molar-refractivity contribution in [2.24, 2.45) is 5.92 Å². The van der Waals surface area contributed by atoms with Crippen LogP contribution in [0.3, 0.4) is 0 Å². The van der Waals surface area contributed by atoms with E-state index in [0.717, 1.165) is 49.2 Å². The van der Waals surface area contributed by atoms with Gasteiger partial charge in [0.2, 0.25) is 5.91 Å². The van der Waals surface area contributed by atoms with Crippen molar-refractivity contribution in [2.75, 3.05) is 11.4 Å². The van der Waals surface area contributed by atoms with E-state index in [1.807, 2.05) is 43.0 Å². The summed E-state index contributed by atoms with van der Waals surface area (Å²) in [5, 5.41) is 2.88. The van der Waals surface area contributed by atoms with Crippen LogP contribution in [0.25, 0.3) is 0 Å². The Balaban J connectivity index is 1.37. The molecule has 0 atom stereocenters. The van der Waals surface area contributed by atoms with Gasteiger partial charge in [-0.3, -0.25) is 14.6 Å². The smallest absolute Gasteiger partial charge is 0.349 e. The first-order valence-electron chi connectivity index (χ1n) is 11.2. The topological polar surface area (TPSA) is 62.3 Å². The normalized spacial score (nSPS) is 22.2. The van der Waals surface area contributed by atoms with Crippen LogP contribution in [-0.4, -0.2) is 29.4 Å². The number of hydrogen-bond acceptors (Lipinski definition) is 3. The van der Waals surface area contributed by atoms with Gasteiger partial charge >= 0.3 is 6.18 Å². The molecule has 0 unspecified atom stereocenters. The Morgan fingerprint density at radius 3 is 2.52 bits per heavy atom. The van der Waals surface area contributed by atoms with E-state index in [1.165, 1.54) is 6.92 Å². The molecule has 1 N–H and O–H groups in total.